The Kier molecular flexibility index (Phi) is 6.34. The molecule has 0 radical (unpaired) electrons. The second-order valence-electron chi connectivity index (χ2n) is 2.54. The van der Waals surface area contributed by atoms with E-state index < -0.39 is 0 Å². The molecule has 0 amide bonds. The van der Waals surface area contributed by atoms with Crippen molar-refractivity contribution in [3.63, 3.8) is 0 Å². The Morgan fingerprint density at radius 3 is 2.75 bits per heavy atom. The first-order chi connectivity index (χ1) is 5.72. The van der Waals surface area contributed by atoms with Crippen LogP contribution in [0.4, 0.5) is 0 Å². The van der Waals surface area contributed by atoms with Gasteiger partial charge < -0.3 is 5.11 Å². The van der Waals surface area contributed by atoms with Crippen molar-refractivity contribution in [2.45, 2.75) is 19.9 Å². The van der Waals surface area contributed by atoms with Crippen LogP contribution in [0, 0.1) is 0 Å². The predicted molar refractivity (Wildman–Crippen MR) is 52.8 cm³/mol. The zero-order valence-corrected chi connectivity index (χ0v) is 7.75. The van der Waals surface area contributed by atoms with E-state index in [0.29, 0.717) is 0 Å². The highest BCUT2D eigenvalue weighted by atomic mass is 16.3. The SMILES string of the molecule is C=C(C=CC=CC)C(C)NCO. The molecule has 0 aliphatic heterocycles. The van der Waals surface area contributed by atoms with Crippen LogP contribution in [0.3, 0.4) is 0 Å². The lowest BCUT2D eigenvalue weighted by Gasteiger charge is -2.10. The quantitative estimate of drug-likeness (QED) is 0.481. The van der Waals surface area contributed by atoms with E-state index >= 15 is 0 Å². The van der Waals surface area contributed by atoms with Crippen molar-refractivity contribution in [3.8, 4) is 0 Å². The predicted octanol–water partition coefficient (Wildman–Crippen LogP) is 1.60. The highest BCUT2D eigenvalue weighted by molar-refractivity contribution is 5.23. The molecule has 1 atom stereocenters. The van der Waals surface area contributed by atoms with E-state index in [9.17, 15) is 0 Å². The Morgan fingerprint density at radius 1 is 1.58 bits per heavy atom. The zero-order valence-electron chi connectivity index (χ0n) is 7.75. The van der Waals surface area contributed by atoms with Gasteiger partial charge in [0, 0.05) is 6.04 Å². The summed E-state index contributed by atoms with van der Waals surface area (Å²) in [7, 11) is 0. The molecular formula is C10H17NO. The first-order valence-electron chi connectivity index (χ1n) is 4.04. The summed E-state index contributed by atoms with van der Waals surface area (Å²) >= 11 is 0. The van der Waals surface area contributed by atoms with Crippen molar-refractivity contribution >= 4 is 0 Å². The molecule has 0 aromatic rings. The summed E-state index contributed by atoms with van der Waals surface area (Å²) in [6.45, 7) is 7.75. The molecule has 0 spiro atoms. The van der Waals surface area contributed by atoms with Gasteiger partial charge in [-0.1, -0.05) is 30.9 Å². The topological polar surface area (TPSA) is 32.3 Å². The molecule has 0 heterocycles. The molecule has 1 unspecified atom stereocenters. The van der Waals surface area contributed by atoms with Crippen LogP contribution in [0.2, 0.25) is 0 Å². The van der Waals surface area contributed by atoms with Gasteiger partial charge >= 0.3 is 0 Å². The molecule has 68 valence electrons. The first-order valence-corrected chi connectivity index (χ1v) is 4.04. The highest BCUT2D eigenvalue weighted by Gasteiger charge is 1.99. The smallest absolute Gasteiger partial charge is 0.0936 e. The zero-order chi connectivity index (χ0) is 9.40. The molecule has 0 aliphatic carbocycles. The third-order valence-corrected chi connectivity index (χ3v) is 1.57. The number of hydrogen-bond acceptors (Lipinski definition) is 2. The van der Waals surface area contributed by atoms with Crippen LogP contribution >= 0.6 is 0 Å². The van der Waals surface area contributed by atoms with Gasteiger partial charge in [-0.15, -0.1) is 0 Å². The maximum atomic E-state index is 8.57. The number of nitrogens with one attached hydrogen (secondary N) is 1. The minimum atomic E-state index is -0.0162. The summed E-state index contributed by atoms with van der Waals surface area (Å²) in [4.78, 5) is 0. The molecule has 0 aromatic heterocycles. The van der Waals surface area contributed by atoms with Crippen LogP contribution in [-0.2, 0) is 0 Å². The summed E-state index contributed by atoms with van der Waals surface area (Å²) in [5.74, 6) is 0. The van der Waals surface area contributed by atoms with Gasteiger partial charge in [-0.3, -0.25) is 5.32 Å². The molecule has 0 fully saturated rings. The van der Waals surface area contributed by atoms with Gasteiger partial charge in [0.25, 0.3) is 0 Å². The maximum absolute atomic E-state index is 8.57. The molecule has 0 saturated carbocycles. The number of rotatable bonds is 5. The fourth-order valence-electron chi connectivity index (χ4n) is 0.703. The fraction of sp³-hybridized carbons (Fsp3) is 0.400. The van der Waals surface area contributed by atoms with Crippen molar-refractivity contribution < 1.29 is 5.11 Å². The molecule has 0 aliphatic rings. The number of allylic oxidation sites excluding steroid dienone is 3. The van der Waals surface area contributed by atoms with Crippen LogP contribution in [0.1, 0.15) is 13.8 Å². The Labute approximate surface area is 74.3 Å². The van der Waals surface area contributed by atoms with Gasteiger partial charge in [-0.2, -0.15) is 0 Å². The Bertz CT molecular complexity index is 182. The van der Waals surface area contributed by atoms with Gasteiger partial charge in [0.2, 0.25) is 0 Å². The Hall–Kier alpha value is -0.860. The number of aliphatic hydroxyl groups excluding tert-OH is 1. The summed E-state index contributed by atoms with van der Waals surface area (Å²) in [5.41, 5.74) is 0.960. The van der Waals surface area contributed by atoms with Crippen molar-refractivity contribution in [1.82, 2.24) is 5.32 Å². The monoisotopic (exact) mass is 167 g/mol. The summed E-state index contributed by atoms with van der Waals surface area (Å²) < 4.78 is 0. The lowest BCUT2D eigenvalue weighted by molar-refractivity contribution is 0.252. The average molecular weight is 167 g/mol. The Morgan fingerprint density at radius 2 is 2.25 bits per heavy atom. The second-order valence-corrected chi connectivity index (χ2v) is 2.54. The van der Waals surface area contributed by atoms with E-state index in [4.69, 9.17) is 5.11 Å². The minimum Gasteiger partial charge on any atom is -0.381 e. The van der Waals surface area contributed by atoms with Crippen LogP contribution in [0.5, 0.6) is 0 Å². The van der Waals surface area contributed by atoms with Gasteiger partial charge in [0.1, 0.15) is 0 Å². The maximum Gasteiger partial charge on any atom is 0.0936 e. The van der Waals surface area contributed by atoms with Crippen LogP contribution in [-0.4, -0.2) is 17.9 Å². The first kappa shape index (κ1) is 11.1. The molecule has 0 bridgehead atoms. The Balaban J connectivity index is 3.85. The van der Waals surface area contributed by atoms with Crippen molar-refractivity contribution in [2.75, 3.05) is 6.73 Å². The van der Waals surface area contributed by atoms with Crippen molar-refractivity contribution in [3.05, 3.63) is 36.5 Å². The van der Waals surface area contributed by atoms with E-state index in [2.05, 4.69) is 11.9 Å². The molecule has 0 rings (SSSR count). The summed E-state index contributed by atoms with van der Waals surface area (Å²) in [6.07, 6.45) is 7.75. The van der Waals surface area contributed by atoms with Crippen LogP contribution < -0.4 is 5.32 Å². The lowest BCUT2D eigenvalue weighted by atomic mass is 10.1. The van der Waals surface area contributed by atoms with Gasteiger partial charge in [-0.25, -0.2) is 0 Å². The summed E-state index contributed by atoms with van der Waals surface area (Å²) in [5, 5.41) is 11.4. The number of hydrogen-bond donors (Lipinski definition) is 2. The van der Waals surface area contributed by atoms with Crippen LogP contribution in [0.25, 0.3) is 0 Å². The molecule has 2 nitrogen and oxygen atoms in total. The fourth-order valence-corrected chi connectivity index (χ4v) is 0.703. The third-order valence-electron chi connectivity index (χ3n) is 1.57. The van der Waals surface area contributed by atoms with E-state index in [1.54, 1.807) is 0 Å². The van der Waals surface area contributed by atoms with Gasteiger partial charge in [0.05, 0.1) is 6.73 Å². The largest absolute Gasteiger partial charge is 0.381 e. The van der Waals surface area contributed by atoms with Crippen molar-refractivity contribution in [1.29, 1.82) is 0 Å². The lowest BCUT2D eigenvalue weighted by Crippen LogP contribution is -2.27. The molecule has 2 N–H and O–H groups in total. The molecule has 2 heteroatoms. The molecular weight excluding hydrogens is 150 g/mol. The average Bonchev–Trinajstić information content (AvgIpc) is 2.05. The van der Waals surface area contributed by atoms with Gasteiger partial charge in [-0.05, 0) is 19.4 Å². The summed E-state index contributed by atoms with van der Waals surface area (Å²) in [6, 6.07) is 0.122. The second kappa shape index (κ2) is 6.83. The third kappa shape index (κ3) is 4.88. The minimum absolute atomic E-state index is 0.0162. The molecule has 0 saturated heterocycles. The highest BCUT2D eigenvalue weighted by Crippen LogP contribution is 1.99. The normalized spacial score (nSPS) is 14.2. The van der Waals surface area contributed by atoms with E-state index in [-0.39, 0.29) is 12.8 Å². The van der Waals surface area contributed by atoms with E-state index in [0.717, 1.165) is 5.57 Å². The van der Waals surface area contributed by atoms with Crippen molar-refractivity contribution in [2.24, 2.45) is 0 Å². The molecule has 0 aromatic carbocycles. The van der Waals surface area contributed by atoms with E-state index in [1.165, 1.54) is 0 Å². The number of aliphatic hydroxyl groups is 1. The molecule has 12 heavy (non-hydrogen) atoms. The standard InChI is InChI=1S/C10H17NO/c1-4-5-6-7-9(2)10(3)11-8-12/h4-7,10-12H,2,8H2,1,3H3. The van der Waals surface area contributed by atoms with Gasteiger partial charge in [0.15, 0.2) is 0 Å². The van der Waals surface area contributed by atoms with E-state index in [1.807, 2.05) is 38.2 Å². The van der Waals surface area contributed by atoms with Crippen LogP contribution in [0.15, 0.2) is 36.5 Å².